The van der Waals surface area contributed by atoms with Gasteiger partial charge in [-0.25, -0.2) is 4.52 Å². The van der Waals surface area contributed by atoms with Crippen molar-refractivity contribution in [1.29, 1.82) is 0 Å². The van der Waals surface area contributed by atoms with E-state index in [1.165, 1.54) is 11.1 Å². The van der Waals surface area contributed by atoms with Crippen molar-refractivity contribution in [3.63, 3.8) is 0 Å². The van der Waals surface area contributed by atoms with Crippen molar-refractivity contribution < 1.29 is 0 Å². The van der Waals surface area contributed by atoms with Crippen molar-refractivity contribution in [3.05, 3.63) is 36.2 Å². The normalized spacial score (nSPS) is 11.2. The van der Waals surface area contributed by atoms with E-state index in [1.54, 1.807) is 6.20 Å². The molecule has 2 rings (SSSR count). The zero-order chi connectivity index (χ0) is 8.55. The van der Waals surface area contributed by atoms with Gasteiger partial charge in [0.25, 0.3) is 0 Å². The highest BCUT2D eigenvalue weighted by atomic mass is 15.2. The Morgan fingerprint density at radius 2 is 2.25 bits per heavy atom. The Kier molecular flexibility index (Phi) is 1.61. The van der Waals surface area contributed by atoms with E-state index in [2.05, 4.69) is 37.3 Å². The lowest BCUT2D eigenvalue weighted by molar-refractivity contribution is 0.852. The average molecular weight is 160 g/mol. The van der Waals surface area contributed by atoms with Crippen molar-refractivity contribution in [2.45, 2.75) is 19.8 Å². The van der Waals surface area contributed by atoms with Crippen LogP contribution in [0.1, 0.15) is 25.3 Å². The standard InChI is InChI=1S/C10H12N2/c1-8(2)9-6-10-4-3-5-11-12(10)7-9/h3-8H,1-2H3. The van der Waals surface area contributed by atoms with E-state index in [9.17, 15) is 0 Å². The summed E-state index contributed by atoms with van der Waals surface area (Å²) < 4.78 is 1.91. The first kappa shape index (κ1) is 7.35. The molecule has 0 spiro atoms. The molecule has 2 nitrogen and oxygen atoms in total. The molecule has 0 fully saturated rings. The van der Waals surface area contributed by atoms with Crippen LogP contribution >= 0.6 is 0 Å². The number of hydrogen-bond acceptors (Lipinski definition) is 1. The molecule has 0 saturated heterocycles. The summed E-state index contributed by atoms with van der Waals surface area (Å²) in [5.41, 5.74) is 2.51. The van der Waals surface area contributed by atoms with E-state index >= 15 is 0 Å². The zero-order valence-corrected chi connectivity index (χ0v) is 7.36. The van der Waals surface area contributed by atoms with Crippen LogP contribution in [-0.4, -0.2) is 9.61 Å². The molecule has 0 aliphatic carbocycles. The predicted molar refractivity (Wildman–Crippen MR) is 49.3 cm³/mol. The van der Waals surface area contributed by atoms with Crippen LogP contribution in [0.4, 0.5) is 0 Å². The molecule has 0 unspecified atom stereocenters. The topological polar surface area (TPSA) is 17.3 Å². The molecular formula is C10H12N2. The van der Waals surface area contributed by atoms with Crippen molar-refractivity contribution in [1.82, 2.24) is 9.61 Å². The monoisotopic (exact) mass is 160 g/mol. The Morgan fingerprint density at radius 1 is 1.42 bits per heavy atom. The van der Waals surface area contributed by atoms with Gasteiger partial charge >= 0.3 is 0 Å². The van der Waals surface area contributed by atoms with E-state index in [0.717, 1.165) is 0 Å². The minimum Gasteiger partial charge on any atom is -0.241 e. The van der Waals surface area contributed by atoms with Crippen LogP contribution in [0.25, 0.3) is 5.52 Å². The minimum absolute atomic E-state index is 0.576. The summed E-state index contributed by atoms with van der Waals surface area (Å²) in [6, 6.07) is 6.20. The van der Waals surface area contributed by atoms with Crippen LogP contribution < -0.4 is 0 Å². The maximum Gasteiger partial charge on any atom is 0.0649 e. The van der Waals surface area contributed by atoms with Crippen molar-refractivity contribution >= 4 is 5.52 Å². The van der Waals surface area contributed by atoms with Gasteiger partial charge in [0.2, 0.25) is 0 Å². The van der Waals surface area contributed by atoms with E-state index in [1.807, 2.05) is 10.6 Å². The molecule has 2 aromatic rings. The van der Waals surface area contributed by atoms with Crippen molar-refractivity contribution in [2.24, 2.45) is 0 Å². The second-order valence-corrected chi connectivity index (χ2v) is 3.32. The quantitative estimate of drug-likeness (QED) is 0.626. The first-order valence-corrected chi connectivity index (χ1v) is 4.20. The summed E-state index contributed by atoms with van der Waals surface area (Å²) in [7, 11) is 0. The largest absolute Gasteiger partial charge is 0.241 e. The molecule has 0 N–H and O–H groups in total. The Hall–Kier alpha value is -1.31. The van der Waals surface area contributed by atoms with Gasteiger partial charge in [0.1, 0.15) is 0 Å². The van der Waals surface area contributed by atoms with Crippen LogP contribution in [-0.2, 0) is 0 Å². The van der Waals surface area contributed by atoms with Gasteiger partial charge in [-0.2, -0.15) is 5.10 Å². The fraction of sp³-hybridized carbons (Fsp3) is 0.300. The molecule has 0 aliphatic rings. The highest BCUT2D eigenvalue weighted by molar-refractivity contribution is 5.49. The van der Waals surface area contributed by atoms with Gasteiger partial charge in [-0.15, -0.1) is 0 Å². The zero-order valence-electron chi connectivity index (χ0n) is 7.36. The third-order valence-corrected chi connectivity index (χ3v) is 2.06. The Balaban J connectivity index is 2.62. The highest BCUT2D eigenvalue weighted by Crippen LogP contribution is 2.16. The van der Waals surface area contributed by atoms with Crippen LogP contribution in [0, 0.1) is 0 Å². The second-order valence-electron chi connectivity index (χ2n) is 3.32. The number of rotatable bonds is 1. The minimum atomic E-state index is 0.576. The van der Waals surface area contributed by atoms with E-state index in [4.69, 9.17) is 0 Å². The molecular weight excluding hydrogens is 148 g/mol. The molecule has 2 heterocycles. The third kappa shape index (κ3) is 1.09. The van der Waals surface area contributed by atoms with Crippen molar-refractivity contribution in [3.8, 4) is 0 Å². The SMILES string of the molecule is CC(C)c1cc2cccnn2c1. The summed E-state index contributed by atoms with van der Waals surface area (Å²) in [4.78, 5) is 0. The summed E-state index contributed by atoms with van der Waals surface area (Å²) >= 11 is 0. The number of nitrogens with zero attached hydrogens (tertiary/aromatic N) is 2. The fourth-order valence-corrected chi connectivity index (χ4v) is 1.28. The van der Waals surface area contributed by atoms with Crippen LogP contribution in [0.3, 0.4) is 0 Å². The van der Waals surface area contributed by atoms with Crippen LogP contribution in [0.15, 0.2) is 30.6 Å². The summed E-state index contributed by atoms with van der Waals surface area (Å²) in [5.74, 6) is 0.576. The van der Waals surface area contributed by atoms with Gasteiger partial charge in [0.05, 0.1) is 5.52 Å². The average Bonchev–Trinajstić information content (AvgIpc) is 2.46. The lowest BCUT2D eigenvalue weighted by Gasteiger charge is -1.96. The summed E-state index contributed by atoms with van der Waals surface area (Å²) in [5, 5.41) is 4.20. The van der Waals surface area contributed by atoms with Gasteiger partial charge in [-0.3, -0.25) is 0 Å². The number of aromatic nitrogens is 2. The fourth-order valence-electron chi connectivity index (χ4n) is 1.28. The Bertz CT molecular complexity index is 354. The lowest BCUT2D eigenvalue weighted by Crippen LogP contribution is -1.86. The molecule has 0 atom stereocenters. The molecule has 0 aromatic carbocycles. The third-order valence-electron chi connectivity index (χ3n) is 2.06. The molecule has 12 heavy (non-hydrogen) atoms. The van der Waals surface area contributed by atoms with E-state index < -0.39 is 0 Å². The molecule has 0 saturated carbocycles. The predicted octanol–water partition coefficient (Wildman–Crippen LogP) is 2.46. The molecule has 2 heteroatoms. The Labute approximate surface area is 71.8 Å². The molecule has 62 valence electrons. The Morgan fingerprint density at radius 3 is 2.92 bits per heavy atom. The first-order valence-electron chi connectivity index (χ1n) is 4.20. The molecule has 0 radical (unpaired) electrons. The number of fused-ring (bicyclic) bond motifs is 1. The van der Waals surface area contributed by atoms with Crippen molar-refractivity contribution in [2.75, 3.05) is 0 Å². The van der Waals surface area contributed by atoms with Gasteiger partial charge < -0.3 is 0 Å². The maximum absolute atomic E-state index is 4.20. The molecule has 0 bridgehead atoms. The van der Waals surface area contributed by atoms with Gasteiger partial charge in [-0.05, 0) is 29.7 Å². The van der Waals surface area contributed by atoms with Gasteiger partial charge in [-0.1, -0.05) is 13.8 Å². The van der Waals surface area contributed by atoms with Crippen LogP contribution in [0.2, 0.25) is 0 Å². The maximum atomic E-state index is 4.20. The lowest BCUT2D eigenvalue weighted by atomic mass is 10.1. The number of hydrogen-bond donors (Lipinski definition) is 0. The first-order chi connectivity index (χ1) is 5.77. The molecule has 0 aliphatic heterocycles. The summed E-state index contributed by atoms with van der Waals surface area (Å²) in [6.07, 6.45) is 3.89. The van der Waals surface area contributed by atoms with Crippen LogP contribution in [0.5, 0.6) is 0 Å². The highest BCUT2D eigenvalue weighted by Gasteiger charge is 2.02. The van der Waals surface area contributed by atoms with E-state index in [-0.39, 0.29) is 0 Å². The van der Waals surface area contributed by atoms with Gasteiger partial charge in [0, 0.05) is 12.4 Å². The summed E-state index contributed by atoms with van der Waals surface area (Å²) in [6.45, 7) is 4.38. The second kappa shape index (κ2) is 2.63. The molecule has 0 amide bonds. The molecule has 2 aromatic heterocycles. The smallest absolute Gasteiger partial charge is 0.0649 e. The van der Waals surface area contributed by atoms with E-state index in [0.29, 0.717) is 5.92 Å². The van der Waals surface area contributed by atoms with Gasteiger partial charge in [0.15, 0.2) is 0 Å².